The molecule has 2 aromatic carbocycles. The first kappa shape index (κ1) is 11.2. The van der Waals surface area contributed by atoms with Crippen LogP contribution in [0.1, 0.15) is 0 Å². The molecule has 0 aliphatic carbocycles. The first-order chi connectivity index (χ1) is 7.65. The summed E-state index contributed by atoms with van der Waals surface area (Å²) in [5.41, 5.74) is 0. The van der Waals surface area contributed by atoms with Gasteiger partial charge >= 0.3 is 0 Å². The Morgan fingerprint density at radius 3 is 2.25 bits per heavy atom. The minimum atomic E-state index is 0.158. The third-order valence-electron chi connectivity index (χ3n) is 1.99. The molecule has 0 radical (unpaired) electrons. The topological polar surface area (TPSA) is 40.5 Å². The summed E-state index contributed by atoms with van der Waals surface area (Å²) in [6.45, 7) is 0. The molecule has 0 aromatic heterocycles. The van der Waals surface area contributed by atoms with E-state index in [1.165, 1.54) is 17.8 Å². The van der Waals surface area contributed by atoms with Crippen molar-refractivity contribution in [2.75, 3.05) is 0 Å². The van der Waals surface area contributed by atoms with Crippen molar-refractivity contribution in [1.29, 1.82) is 0 Å². The van der Waals surface area contributed by atoms with Crippen LogP contribution in [0.25, 0.3) is 0 Å². The molecule has 0 bridgehead atoms. The average molecular weight is 253 g/mol. The fraction of sp³-hybridized carbons (Fsp3) is 0. The molecule has 16 heavy (non-hydrogen) atoms. The normalized spacial score (nSPS) is 10.3. The van der Waals surface area contributed by atoms with Crippen LogP contribution in [0.3, 0.4) is 0 Å². The Labute approximate surface area is 103 Å². The molecule has 0 saturated heterocycles. The van der Waals surface area contributed by atoms with Crippen molar-refractivity contribution in [3.8, 4) is 11.5 Å². The van der Waals surface area contributed by atoms with Gasteiger partial charge in [-0.25, -0.2) is 0 Å². The van der Waals surface area contributed by atoms with Crippen molar-refractivity contribution in [2.45, 2.75) is 9.79 Å². The molecule has 2 aromatic rings. The Morgan fingerprint density at radius 2 is 1.62 bits per heavy atom. The molecule has 0 fully saturated rings. The van der Waals surface area contributed by atoms with E-state index in [-0.39, 0.29) is 11.5 Å². The van der Waals surface area contributed by atoms with E-state index in [2.05, 4.69) is 0 Å². The van der Waals surface area contributed by atoms with Gasteiger partial charge < -0.3 is 10.2 Å². The third-order valence-corrected chi connectivity index (χ3v) is 3.29. The summed E-state index contributed by atoms with van der Waals surface area (Å²) in [6, 6.07) is 11.8. The number of phenols is 2. The zero-order valence-corrected chi connectivity index (χ0v) is 9.79. The lowest BCUT2D eigenvalue weighted by Gasteiger charge is -2.04. The molecular weight excluding hydrogens is 244 g/mol. The second-order valence-electron chi connectivity index (χ2n) is 3.21. The second-order valence-corrected chi connectivity index (χ2v) is 4.76. The molecule has 0 spiro atoms. The summed E-state index contributed by atoms with van der Waals surface area (Å²) < 4.78 is 0. The monoisotopic (exact) mass is 252 g/mol. The summed E-state index contributed by atoms with van der Waals surface area (Å²) in [6.07, 6.45) is 0. The van der Waals surface area contributed by atoms with E-state index < -0.39 is 0 Å². The van der Waals surface area contributed by atoms with E-state index >= 15 is 0 Å². The summed E-state index contributed by atoms with van der Waals surface area (Å²) in [5.74, 6) is 0.384. The minimum Gasteiger partial charge on any atom is -0.508 e. The minimum absolute atomic E-state index is 0.158. The highest BCUT2D eigenvalue weighted by Crippen LogP contribution is 2.36. The smallest absolute Gasteiger partial charge is 0.130 e. The Morgan fingerprint density at radius 1 is 0.938 bits per heavy atom. The SMILES string of the molecule is Oc1ccc(Sc2ccc(Cl)cc2O)cc1. The third kappa shape index (κ3) is 2.62. The van der Waals surface area contributed by atoms with Crippen molar-refractivity contribution in [2.24, 2.45) is 0 Å². The van der Waals surface area contributed by atoms with Crippen LogP contribution in [0.2, 0.25) is 5.02 Å². The first-order valence-corrected chi connectivity index (χ1v) is 5.80. The van der Waals surface area contributed by atoms with Gasteiger partial charge in [0, 0.05) is 9.92 Å². The Hall–Kier alpha value is -1.32. The maximum atomic E-state index is 9.65. The predicted octanol–water partition coefficient (Wildman–Crippen LogP) is 3.90. The average Bonchev–Trinajstić information content (AvgIpc) is 2.25. The van der Waals surface area contributed by atoms with Crippen LogP contribution in [0, 0.1) is 0 Å². The number of rotatable bonds is 2. The van der Waals surface area contributed by atoms with Gasteiger partial charge in [-0.1, -0.05) is 23.4 Å². The molecule has 0 aliphatic rings. The molecule has 0 heterocycles. The van der Waals surface area contributed by atoms with Crippen LogP contribution in [0.4, 0.5) is 0 Å². The summed E-state index contributed by atoms with van der Waals surface area (Å²) in [7, 11) is 0. The van der Waals surface area contributed by atoms with Gasteiger partial charge in [0.15, 0.2) is 0 Å². The lowest BCUT2D eigenvalue weighted by atomic mass is 10.3. The highest BCUT2D eigenvalue weighted by molar-refractivity contribution is 7.99. The molecule has 0 atom stereocenters. The highest BCUT2D eigenvalue weighted by atomic mass is 35.5. The van der Waals surface area contributed by atoms with Gasteiger partial charge in [0.25, 0.3) is 0 Å². The molecule has 2 rings (SSSR count). The van der Waals surface area contributed by atoms with Gasteiger partial charge in [0.1, 0.15) is 11.5 Å². The quantitative estimate of drug-likeness (QED) is 0.852. The molecule has 4 heteroatoms. The standard InChI is InChI=1S/C12H9ClO2S/c13-8-1-6-12(11(15)7-8)16-10-4-2-9(14)3-5-10/h1-7,14-15H. The number of phenolic OH excluding ortho intramolecular Hbond substituents is 2. The van der Waals surface area contributed by atoms with Crippen LogP contribution < -0.4 is 0 Å². The van der Waals surface area contributed by atoms with Crippen molar-refractivity contribution >= 4 is 23.4 Å². The van der Waals surface area contributed by atoms with Crippen molar-refractivity contribution in [3.63, 3.8) is 0 Å². The number of benzene rings is 2. The molecule has 0 saturated carbocycles. The van der Waals surface area contributed by atoms with Gasteiger partial charge in [0.05, 0.1) is 4.90 Å². The van der Waals surface area contributed by atoms with Crippen molar-refractivity contribution < 1.29 is 10.2 Å². The number of halogens is 1. The zero-order chi connectivity index (χ0) is 11.5. The summed E-state index contributed by atoms with van der Waals surface area (Å²) >= 11 is 7.15. The molecule has 2 N–H and O–H groups in total. The fourth-order valence-corrected chi connectivity index (χ4v) is 2.21. The van der Waals surface area contributed by atoms with Crippen LogP contribution in [-0.4, -0.2) is 10.2 Å². The van der Waals surface area contributed by atoms with Crippen molar-refractivity contribution in [3.05, 3.63) is 47.5 Å². The zero-order valence-electron chi connectivity index (χ0n) is 8.22. The van der Waals surface area contributed by atoms with E-state index in [0.29, 0.717) is 5.02 Å². The van der Waals surface area contributed by atoms with Gasteiger partial charge in [-0.2, -0.15) is 0 Å². The van der Waals surface area contributed by atoms with E-state index in [1.54, 1.807) is 36.4 Å². The fourth-order valence-electron chi connectivity index (χ4n) is 1.22. The molecule has 0 aliphatic heterocycles. The van der Waals surface area contributed by atoms with E-state index in [1.807, 2.05) is 0 Å². The van der Waals surface area contributed by atoms with Gasteiger partial charge in [0.2, 0.25) is 0 Å². The van der Waals surface area contributed by atoms with E-state index in [9.17, 15) is 5.11 Å². The Kier molecular flexibility index (Phi) is 3.27. The molecular formula is C12H9ClO2S. The number of hydrogen-bond donors (Lipinski definition) is 2. The van der Waals surface area contributed by atoms with Gasteiger partial charge in [-0.3, -0.25) is 0 Å². The molecule has 0 amide bonds. The van der Waals surface area contributed by atoms with Crippen LogP contribution in [0.15, 0.2) is 52.3 Å². The molecule has 0 unspecified atom stereocenters. The maximum absolute atomic E-state index is 9.65. The van der Waals surface area contributed by atoms with E-state index in [4.69, 9.17) is 16.7 Å². The van der Waals surface area contributed by atoms with E-state index in [0.717, 1.165) is 9.79 Å². The van der Waals surface area contributed by atoms with Crippen molar-refractivity contribution in [1.82, 2.24) is 0 Å². The summed E-state index contributed by atoms with van der Waals surface area (Å²) in [5, 5.41) is 19.3. The van der Waals surface area contributed by atoms with Gasteiger partial charge in [-0.15, -0.1) is 0 Å². The maximum Gasteiger partial charge on any atom is 0.130 e. The first-order valence-electron chi connectivity index (χ1n) is 4.60. The highest BCUT2D eigenvalue weighted by Gasteiger charge is 2.04. The summed E-state index contributed by atoms with van der Waals surface area (Å²) in [4.78, 5) is 1.67. The number of aromatic hydroxyl groups is 2. The molecule has 82 valence electrons. The van der Waals surface area contributed by atoms with Crippen LogP contribution in [0.5, 0.6) is 11.5 Å². The van der Waals surface area contributed by atoms with Crippen LogP contribution in [-0.2, 0) is 0 Å². The molecule has 2 nitrogen and oxygen atoms in total. The lowest BCUT2D eigenvalue weighted by molar-refractivity contribution is 0.462. The Balaban J connectivity index is 2.23. The Bertz CT molecular complexity index is 497. The lowest BCUT2D eigenvalue weighted by Crippen LogP contribution is -1.75. The largest absolute Gasteiger partial charge is 0.508 e. The predicted molar refractivity (Wildman–Crippen MR) is 65.3 cm³/mol. The van der Waals surface area contributed by atoms with Crippen LogP contribution >= 0.6 is 23.4 Å². The second kappa shape index (κ2) is 4.68. The number of hydrogen-bond acceptors (Lipinski definition) is 3. The van der Waals surface area contributed by atoms with Gasteiger partial charge in [-0.05, 0) is 42.5 Å².